The van der Waals surface area contributed by atoms with Gasteiger partial charge in [0.1, 0.15) is 12.2 Å². The highest BCUT2D eigenvalue weighted by Gasteiger charge is 2.18. The van der Waals surface area contributed by atoms with Crippen LogP contribution in [0.15, 0.2) is 36.7 Å². The third kappa shape index (κ3) is 2.83. The SMILES string of the molecule is CC(C)n1ncnc1CC(NN)c1cc2ccccc2s1. The third-order valence-electron chi connectivity index (χ3n) is 3.51. The summed E-state index contributed by atoms with van der Waals surface area (Å²) < 4.78 is 3.22. The maximum atomic E-state index is 5.77. The summed E-state index contributed by atoms with van der Waals surface area (Å²) in [6.45, 7) is 4.20. The number of fused-ring (bicyclic) bond motifs is 1. The van der Waals surface area contributed by atoms with E-state index in [0.29, 0.717) is 6.04 Å². The molecule has 3 aromatic rings. The van der Waals surface area contributed by atoms with E-state index in [1.165, 1.54) is 15.0 Å². The second kappa shape index (κ2) is 5.93. The fourth-order valence-electron chi connectivity index (χ4n) is 2.45. The van der Waals surface area contributed by atoms with E-state index in [9.17, 15) is 0 Å². The lowest BCUT2D eigenvalue weighted by Crippen LogP contribution is -2.30. The Morgan fingerprint density at radius 2 is 2.14 bits per heavy atom. The van der Waals surface area contributed by atoms with Crippen molar-refractivity contribution in [2.45, 2.75) is 32.4 Å². The molecule has 0 bridgehead atoms. The Bertz CT molecular complexity index is 697. The first-order chi connectivity index (χ1) is 10.2. The van der Waals surface area contributed by atoms with E-state index in [0.717, 1.165) is 12.2 Å². The molecule has 1 unspecified atom stereocenters. The van der Waals surface area contributed by atoms with Crippen molar-refractivity contribution < 1.29 is 0 Å². The van der Waals surface area contributed by atoms with Gasteiger partial charge < -0.3 is 0 Å². The van der Waals surface area contributed by atoms with E-state index >= 15 is 0 Å². The van der Waals surface area contributed by atoms with Gasteiger partial charge in [-0.25, -0.2) is 9.67 Å². The maximum Gasteiger partial charge on any atom is 0.138 e. The van der Waals surface area contributed by atoms with Gasteiger partial charge in [-0.1, -0.05) is 18.2 Å². The van der Waals surface area contributed by atoms with Gasteiger partial charge in [-0.2, -0.15) is 5.10 Å². The molecule has 1 atom stereocenters. The van der Waals surface area contributed by atoms with Crippen molar-refractivity contribution in [2.75, 3.05) is 0 Å². The van der Waals surface area contributed by atoms with Gasteiger partial charge in [-0.3, -0.25) is 11.3 Å². The monoisotopic (exact) mass is 301 g/mol. The number of benzene rings is 1. The van der Waals surface area contributed by atoms with Crippen LogP contribution in [-0.4, -0.2) is 14.8 Å². The molecule has 2 heterocycles. The molecule has 110 valence electrons. The minimum Gasteiger partial charge on any atom is -0.271 e. The zero-order valence-electron chi connectivity index (χ0n) is 12.2. The maximum absolute atomic E-state index is 5.77. The van der Waals surface area contributed by atoms with Gasteiger partial charge in [0.05, 0.1) is 6.04 Å². The van der Waals surface area contributed by atoms with E-state index in [1.54, 1.807) is 17.7 Å². The summed E-state index contributed by atoms with van der Waals surface area (Å²) in [6.07, 6.45) is 2.33. The van der Waals surface area contributed by atoms with Gasteiger partial charge in [0.25, 0.3) is 0 Å². The number of thiophene rings is 1. The van der Waals surface area contributed by atoms with E-state index in [4.69, 9.17) is 5.84 Å². The molecular weight excluding hydrogens is 282 g/mol. The summed E-state index contributed by atoms with van der Waals surface area (Å²) in [5.74, 6) is 6.72. The summed E-state index contributed by atoms with van der Waals surface area (Å²) in [4.78, 5) is 5.58. The van der Waals surface area contributed by atoms with E-state index in [-0.39, 0.29) is 6.04 Å². The molecule has 2 aromatic heterocycles. The summed E-state index contributed by atoms with van der Waals surface area (Å²) in [5.41, 5.74) is 2.91. The Hall–Kier alpha value is -1.76. The fraction of sp³-hybridized carbons (Fsp3) is 0.333. The molecule has 3 N–H and O–H groups in total. The Morgan fingerprint density at radius 3 is 2.86 bits per heavy atom. The van der Waals surface area contributed by atoms with Crippen LogP contribution in [0, 0.1) is 0 Å². The van der Waals surface area contributed by atoms with Gasteiger partial charge in [0, 0.05) is 22.0 Å². The van der Waals surface area contributed by atoms with Crippen molar-refractivity contribution in [3.63, 3.8) is 0 Å². The smallest absolute Gasteiger partial charge is 0.138 e. The molecule has 6 heteroatoms. The number of nitrogens with two attached hydrogens (primary N) is 1. The predicted molar refractivity (Wildman–Crippen MR) is 86.0 cm³/mol. The predicted octanol–water partition coefficient (Wildman–Crippen LogP) is 2.82. The molecule has 0 saturated heterocycles. The molecule has 1 aromatic carbocycles. The summed E-state index contributed by atoms with van der Waals surface area (Å²) in [7, 11) is 0. The van der Waals surface area contributed by atoms with E-state index in [2.05, 4.69) is 59.7 Å². The minimum atomic E-state index is 0.0455. The highest BCUT2D eigenvalue weighted by molar-refractivity contribution is 7.19. The Kier molecular flexibility index (Phi) is 4.01. The molecule has 0 aliphatic carbocycles. The molecular formula is C15H19N5S. The van der Waals surface area contributed by atoms with Crippen molar-refractivity contribution in [3.8, 4) is 0 Å². The molecule has 0 aliphatic rings. The number of nitrogens with one attached hydrogen (secondary N) is 1. The van der Waals surface area contributed by atoms with Gasteiger partial charge in [0.2, 0.25) is 0 Å². The first kappa shape index (κ1) is 14.2. The summed E-state index contributed by atoms with van der Waals surface area (Å²) in [5, 5.41) is 5.53. The van der Waals surface area contributed by atoms with Crippen LogP contribution in [0.2, 0.25) is 0 Å². The molecule has 3 rings (SSSR count). The standard InChI is InChI=1S/C15H19N5S/c1-10(2)20-15(17-9-18-20)8-12(19-16)14-7-11-5-3-4-6-13(11)21-14/h3-7,9-10,12,19H,8,16H2,1-2H3. The lowest BCUT2D eigenvalue weighted by molar-refractivity contribution is 0.471. The Balaban J connectivity index is 1.89. The van der Waals surface area contributed by atoms with Gasteiger partial charge >= 0.3 is 0 Å². The van der Waals surface area contributed by atoms with Crippen molar-refractivity contribution in [2.24, 2.45) is 5.84 Å². The topological polar surface area (TPSA) is 68.8 Å². The van der Waals surface area contributed by atoms with Crippen LogP contribution in [0.4, 0.5) is 0 Å². The van der Waals surface area contributed by atoms with Crippen LogP contribution in [0.5, 0.6) is 0 Å². The van der Waals surface area contributed by atoms with E-state index in [1.807, 2.05) is 4.68 Å². The van der Waals surface area contributed by atoms with Crippen LogP contribution in [-0.2, 0) is 6.42 Å². The van der Waals surface area contributed by atoms with Crippen molar-refractivity contribution in [1.82, 2.24) is 20.2 Å². The Labute approximate surface area is 127 Å². The second-order valence-electron chi connectivity index (χ2n) is 5.32. The van der Waals surface area contributed by atoms with Crippen molar-refractivity contribution >= 4 is 21.4 Å². The number of hydrogen-bond acceptors (Lipinski definition) is 5. The molecule has 21 heavy (non-hydrogen) atoms. The minimum absolute atomic E-state index is 0.0455. The number of aromatic nitrogens is 3. The lowest BCUT2D eigenvalue weighted by Gasteiger charge is -2.15. The molecule has 0 saturated carbocycles. The highest BCUT2D eigenvalue weighted by atomic mass is 32.1. The first-order valence-electron chi connectivity index (χ1n) is 7.02. The average molecular weight is 301 g/mol. The van der Waals surface area contributed by atoms with Crippen LogP contribution < -0.4 is 11.3 Å². The zero-order valence-corrected chi connectivity index (χ0v) is 13.0. The van der Waals surface area contributed by atoms with Gasteiger partial charge in [-0.15, -0.1) is 11.3 Å². The fourth-order valence-corrected chi connectivity index (χ4v) is 3.57. The summed E-state index contributed by atoms with van der Waals surface area (Å²) >= 11 is 1.77. The average Bonchev–Trinajstić information content (AvgIpc) is 3.10. The molecule has 0 radical (unpaired) electrons. The lowest BCUT2D eigenvalue weighted by atomic mass is 10.1. The molecule has 0 fully saturated rings. The third-order valence-corrected chi connectivity index (χ3v) is 4.74. The molecule has 5 nitrogen and oxygen atoms in total. The number of hydrazine groups is 1. The highest BCUT2D eigenvalue weighted by Crippen LogP contribution is 2.31. The van der Waals surface area contributed by atoms with Crippen molar-refractivity contribution in [1.29, 1.82) is 0 Å². The van der Waals surface area contributed by atoms with Crippen LogP contribution in [0.25, 0.3) is 10.1 Å². The largest absolute Gasteiger partial charge is 0.271 e. The molecule has 0 aliphatic heterocycles. The van der Waals surface area contributed by atoms with Gasteiger partial charge in [-0.05, 0) is 31.4 Å². The van der Waals surface area contributed by atoms with Gasteiger partial charge in [0.15, 0.2) is 0 Å². The number of nitrogens with zero attached hydrogens (tertiary/aromatic N) is 3. The van der Waals surface area contributed by atoms with Crippen LogP contribution in [0.3, 0.4) is 0 Å². The second-order valence-corrected chi connectivity index (χ2v) is 6.44. The first-order valence-corrected chi connectivity index (χ1v) is 7.83. The van der Waals surface area contributed by atoms with Crippen LogP contribution in [0.1, 0.15) is 36.6 Å². The van der Waals surface area contributed by atoms with Crippen LogP contribution >= 0.6 is 11.3 Å². The van der Waals surface area contributed by atoms with Crippen molar-refractivity contribution in [3.05, 3.63) is 47.4 Å². The zero-order chi connectivity index (χ0) is 14.8. The quantitative estimate of drug-likeness (QED) is 0.561. The number of rotatable bonds is 5. The normalized spacial score (nSPS) is 13.1. The summed E-state index contributed by atoms with van der Waals surface area (Å²) in [6, 6.07) is 10.9. The molecule has 0 spiro atoms. The Morgan fingerprint density at radius 1 is 1.33 bits per heavy atom. The van der Waals surface area contributed by atoms with E-state index < -0.39 is 0 Å². The number of hydrogen-bond donors (Lipinski definition) is 2. The molecule has 0 amide bonds.